The highest BCUT2D eigenvalue weighted by Crippen LogP contribution is 2.34. The third-order valence-corrected chi connectivity index (χ3v) is 3.83. The first-order valence-electron chi connectivity index (χ1n) is 6.61. The second-order valence-corrected chi connectivity index (χ2v) is 5.31. The molecule has 0 spiro atoms. The van der Waals surface area contributed by atoms with Gasteiger partial charge < -0.3 is 11.1 Å². The van der Waals surface area contributed by atoms with Crippen LogP contribution in [0.1, 0.15) is 38.2 Å². The fourth-order valence-electron chi connectivity index (χ4n) is 2.60. The SMILES string of the molecule is C[C@@H]1CCCC[C@@H]1Nc1ccc(C(F)(F)F)cc1N. The van der Waals surface area contributed by atoms with E-state index in [9.17, 15) is 13.2 Å². The first-order chi connectivity index (χ1) is 8.88. The van der Waals surface area contributed by atoms with Gasteiger partial charge >= 0.3 is 6.18 Å². The molecule has 1 aliphatic carbocycles. The number of alkyl halides is 3. The highest BCUT2D eigenvalue weighted by molar-refractivity contribution is 5.67. The molecule has 3 N–H and O–H groups in total. The lowest BCUT2D eigenvalue weighted by Gasteiger charge is -2.30. The molecule has 5 heteroatoms. The van der Waals surface area contributed by atoms with Gasteiger partial charge in [0.25, 0.3) is 0 Å². The first kappa shape index (κ1) is 14.0. The van der Waals surface area contributed by atoms with E-state index in [0.29, 0.717) is 17.6 Å². The Kier molecular flexibility index (Phi) is 3.92. The summed E-state index contributed by atoms with van der Waals surface area (Å²) in [6, 6.07) is 3.80. The van der Waals surface area contributed by atoms with E-state index < -0.39 is 11.7 Å². The molecule has 0 unspecified atom stereocenters. The lowest BCUT2D eigenvalue weighted by Crippen LogP contribution is -2.30. The number of nitrogen functional groups attached to an aromatic ring is 1. The molecule has 0 aromatic heterocycles. The summed E-state index contributed by atoms with van der Waals surface area (Å²) in [5.74, 6) is 0.524. The van der Waals surface area contributed by atoms with Crippen LogP contribution in [0.25, 0.3) is 0 Å². The predicted octanol–water partition coefficient (Wildman–Crippen LogP) is 4.28. The Morgan fingerprint density at radius 3 is 2.47 bits per heavy atom. The van der Waals surface area contributed by atoms with Gasteiger partial charge in [-0.05, 0) is 37.0 Å². The maximum atomic E-state index is 12.5. The van der Waals surface area contributed by atoms with Gasteiger partial charge in [0.2, 0.25) is 0 Å². The van der Waals surface area contributed by atoms with Gasteiger partial charge in [0, 0.05) is 6.04 Å². The number of anilines is 2. The molecule has 1 aliphatic rings. The smallest absolute Gasteiger partial charge is 0.397 e. The second kappa shape index (κ2) is 5.31. The topological polar surface area (TPSA) is 38.0 Å². The molecule has 106 valence electrons. The number of hydrogen-bond acceptors (Lipinski definition) is 2. The Balaban J connectivity index is 2.13. The number of hydrogen-bond donors (Lipinski definition) is 2. The van der Waals surface area contributed by atoms with Gasteiger partial charge in [-0.1, -0.05) is 19.8 Å². The maximum Gasteiger partial charge on any atom is 0.416 e. The van der Waals surface area contributed by atoms with Crippen LogP contribution in [0.3, 0.4) is 0 Å². The number of nitrogens with two attached hydrogens (primary N) is 1. The van der Waals surface area contributed by atoms with Gasteiger partial charge in [0.05, 0.1) is 16.9 Å². The highest BCUT2D eigenvalue weighted by Gasteiger charge is 2.31. The molecule has 0 heterocycles. The van der Waals surface area contributed by atoms with Gasteiger partial charge in [0.1, 0.15) is 0 Å². The van der Waals surface area contributed by atoms with Crippen LogP contribution in [0.2, 0.25) is 0 Å². The molecule has 1 saturated carbocycles. The van der Waals surface area contributed by atoms with Crippen molar-refractivity contribution >= 4 is 11.4 Å². The summed E-state index contributed by atoms with van der Waals surface area (Å²) in [6.07, 6.45) is 0.231. The van der Waals surface area contributed by atoms with Crippen molar-refractivity contribution in [1.29, 1.82) is 0 Å². The standard InChI is InChI=1S/C14H19F3N2/c1-9-4-2-3-5-12(9)19-13-7-6-10(8-11(13)18)14(15,16)17/h6-9,12,19H,2-5,18H2,1H3/t9-,12+/m1/s1. The number of benzene rings is 1. The summed E-state index contributed by atoms with van der Waals surface area (Å²) in [5.41, 5.74) is 5.78. The summed E-state index contributed by atoms with van der Waals surface area (Å²) in [7, 11) is 0. The van der Waals surface area contributed by atoms with E-state index in [1.165, 1.54) is 12.5 Å². The molecule has 19 heavy (non-hydrogen) atoms. The number of nitrogens with one attached hydrogen (secondary N) is 1. The fourth-order valence-corrected chi connectivity index (χ4v) is 2.60. The minimum Gasteiger partial charge on any atom is -0.397 e. The van der Waals surface area contributed by atoms with Crippen LogP contribution in [0.15, 0.2) is 18.2 Å². The van der Waals surface area contributed by atoms with E-state index >= 15 is 0 Å². The minimum atomic E-state index is -4.34. The normalized spacial score (nSPS) is 24.2. The Morgan fingerprint density at radius 2 is 1.89 bits per heavy atom. The largest absolute Gasteiger partial charge is 0.416 e. The average molecular weight is 272 g/mol. The summed E-state index contributed by atoms with van der Waals surface area (Å²) in [4.78, 5) is 0. The van der Waals surface area contributed by atoms with Crippen molar-refractivity contribution < 1.29 is 13.2 Å². The summed E-state index contributed by atoms with van der Waals surface area (Å²) in [6.45, 7) is 2.16. The van der Waals surface area contributed by atoms with Gasteiger partial charge in [-0.3, -0.25) is 0 Å². The molecule has 1 aromatic carbocycles. The molecule has 2 rings (SSSR count). The quantitative estimate of drug-likeness (QED) is 0.789. The van der Waals surface area contributed by atoms with Gasteiger partial charge in [-0.25, -0.2) is 0 Å². The van der Waals surface area contributed by atoms with E-state index in [1.807, 2.05) is 0 Å². The van der Waals surface area contributed by atoms with E-state index in [0.717, 1.165) is 31.4 Å². The van der Waals surface area contributed by atoms with E-state index in [2.05, 4.69) is 12.2 Å². The van der Waals surface area contributed by atoms with Crippen molar-refractivity contribution in [2.45, 2.75) is 44.8 Å². The van der Waals surface area contributed by atoms with Crippen LogP contribution in [0.4, 0.5) is 24.5 Å². The zero-order chi connectivity index (χ0) is 14.0. The van der Waals surface area contributed by atoms with Crippen LogP contribution in [0.5, 0.6) is 0 Å². The molecular weight excluding hydrogens is 253 g/mol. The lowest BCUT2D eigenvalue weighted by molar-refractivity contribution is -0.137. The third kappa shape index (κ3) is 3.33. The number of halogens is 3. The van der Waals surface area contributed by atoms with Crippen LogP contribution >= 0.6 is 0 Å². The molecular formula is C14H19F3N2. The monoisotopic (exact) mass is 272 g/mol. The van der Waals surface area contributed by atoms with Crippen LogP contribution in [-0.4, -0.2) is 6.04 Å². The lowest BCUT2D eigenvalue weighted by atomic mass is 9.86. The van der Waals surface area contributed by atoms with E-state index in [1.54, 1.807) is 0 Å². The summed E-state index contributed by atoms with van der Waals surface area (Å²) < 4.78 is 37.6. The van der Waals surface area contributed by atoms with Gasteiger partial charge in [0.15, 0.2) is 0 Å². The Bertz CT molecular complexity index is 443. The van der Waals surface area contributed by atoms with E-state index in [-0.39, 0.29) is 5.69 Å². The van der Waals surface area contributed by atoms with Gasteiger partial charge in [-0.15, -0.1) is 0 Å². The van der Waals surface area contributed by atoms with Gasteiger partial charge in [-0.2, -0.15) is 13.2 Å². The highest BCUT2D eigenvalue weighted by atomic mass is 19.4. The molecule has 0 aliphatic heterocycles. The molecule has 0 saturated heterocycles. The van der Waals surface area contributed by atoms with Crippen LogP contribution < -0.4 is 11.1 Å². The molecule has 1 fully saturated rings. The maximum absolute atomic E-state index is 12.5. The molecule has 2 atom stereocenters. The minimum absolute atomic E-state index is 0.160. The fraction of sp³-hybridized carbons (Fsp3) is 0.571. The summed E-state index contributed by atoms with van der Waals surface area (Å²) >= 11 is 0. The zero-order valence-corrected chi connectivity index (χ0v) is 10.9. The Labute approximate surface area is 111 Å². The van der Waals surface area contributed by atoms with E-state index in [4.69, 9.17) is 5.73 Å². The van der Waals surface area contributed by atoms with Crippen molar-refractivity contribution in [3.8, 4) is 0 Å². The predicted molar refractivity (Wildman–Crippen MR) is 70.9 cm³/mol. The van der Waals surface area contributed by atoms with Crippen molar-refractivity contribution in [2.75, 3.05) is 11.1 Å². The Morgan fingerprint density at radius 1 is 1.21 bits per heavy atom. The molecule has 1 aromatic rings. The third-order valence-electron chi connectivity index (χ3n) is 3.83. The van der Waals surface area contributed by atoms with Crippen molar-refractivity contribution in [1.82, 2.24) is 0 Å². The van der Waals surface area contributed by atoms with Crippen molar-refractivity contribution in [3.63, 3.8) is 0 Å². The molecule has 0 radical (unpaired) electrons. The average Bonchev–Trinajstić information content (AvgIpc) is 2.33. The summed E-state index contributed by atoms with van der Waals surface area (Å²) in [5, 5.41) is 3.29. The van der Waals surface area contributed by atoms with Crippen LogP contribution in [0, 0.1) is 5.92 Å². The Hall–Kier alpha value is -1.39. The molecule has 2 nitrogen and oxygen atoms in total. The van der Waals surface area contributed by atoms with Crippen molar-refractivity contribution in [2.24, 2.45) is 5.92 Å². The molecule has 0 bridgehead atoms. The number of rotatable bonds is 2. The van der Waals surface area contributed by atoms with Crippen molar-refractivity contribution in [3.05, 3.63) is 23.8 Å². The second-order valence-electron chi connectivity index (χ2n) is 5.31. The first-order valence-corrected chi connectivity index (χ1v) is 6.61. The zero-order valence-electron chi connectivity index (χ0n) is 10.9. The van der Waals surface area contributed by atoms with Crippen LogP contribution in [-0.2, 0) is 6.18 Å². The molecule has 0 amide bonds.